The lowest BCUT2D eigenvalue weighted by Gasteiger charge is -2.32. The number of ether oxygens (including phenoxy) is 1. The number of hydrogen-bond acceptors (Lipinski definition) is 4. The lowest BCUT2D eigenvalue weighted by molar-refractivity contribution is -0.0495. The lowest BCUT2D eigenvalue weighted by Crippen LogP contribution is -2.27. The van der Waals surface area contributed by atoms with Crippen LogP contribution >= 0.6 is 10.3 Å². The van der Waals surface area contributed by atoms with Crippen molar-refractivity contribution >= 4 is 26.0 Å². The highest BCUT2D eigenvalue weighted by molar-refractivity contribution is 8.35. The molecule has 1 heterocycles. The van der Waals surface area contributed by atoms with E-state index in [2.05, 4.69) is 0 Å². The first-order chi connectivity index (χ1) is 13.7. The van der Waals surface area contributed by atoms with E-state index in [1.54, 1.807) is 29.7 Å². The normalized spacial score (nSPS) is 18.4. The van der Waals surface area contributed by atoms with Gasteiger partial charge in [-0.15, -0.1) is 0 Å². The summed E-state index contributed by atoms with van der Waals surface area (Å²) in [5.41, 5.74) is -3.30. The minimum atomic E-state index is -5.69. The lowest BCUT2D eigenvalue weighted by atomic mass is 10.00. The number of halogens is 3. The van der Waals surface area contributed by atoms with Crippen LogP contribution in [-0.2, 0) is 13.7 Å². The molecule has 1 saturated heterocycles. The van der Waals surface area contributed by atoms with Gasteiger partial charge in [0.15, 0.2) is 0 Å². The van der Waals surface area contributed by atoms with E-state index in [4.69, 9.17) is 8.37 Å². The van der Waals surface area contributed by atoms with Crippen molar-refractivity contribution < 1.29 is 30.0 Å². The standard InChI is InChI=1S/C20H21F3O4S2/c1-26-18-11-9-17(10-12-18)19(16-7-3-2-4-8-16)15-28(13-5-6-14-28)27-29(24,25)20(21,22)23/h2-4,7-12,15H,5-6,13-14H2,1H3. The summed E-state index contributed by atoms with van der Waals surface area (Å²) in [6, 6.07) is 16.2. The van der Waals surface area contributed by atoms with E-state index in [0.29, 0.717) is 24.2 Å². The molecule has 2 aromatic carbocycles. The number of hydrogen-bond donors (Lipinski definition) is 0. The molecule has 0 saturated carbocycles. The topological polar surface area (TPSA) is 52.6 Å². The first-order valence-corrected chi connectivity index (χ1v) is 12.3. The van der Waals surface area contributed by atoms with Crippen LogP contribution in [0.5, 0.6) is 5.75 Å². The van der Waals surface area contributed by atoms with E-state index >= 15 is 0 Å². The zero-order valence-corrected chi connectivity index (χ0v) is 17.3. The Balaban J connectivity index is 2.11. The first kappa shape index (κ1) is 21.7. The molecule has 1 fully saturated rings. The summed E-state index contributed by atoms with van der Waals surface area (Å²) in [7, 11) is -6.76. The predicted octanol–water partition coefficient (Wildman–Crippen LogP) is 5.46. The highest BCUT2D eigenvalue weighted by atomic mass is 32.3. The van der Waals surface area contributed by atoms with Crippen molar-refractivity contribution in [3.8, 4) is 5.75 Å². The van der Waals surface area contributed by atoms with Crippen molar-refractivity contribution in [1.29, 1.82) is 0 Å². The Labute approximate surface area is 170 Å². The largest absolute Gasteiger partial charge is 0.523 e. The first-order valence-electron chi connectivity index (χ1n) is 8.88. The Morgan fingerprint density at radius 2 is 1.52 bits per heavy atom. The van der Waals surface area contributed by atoms with Crippen LogP contribution < -0.4 is 4.74 Å². The molecule has 158 valence electrons. The molecule has 0 aromatic heterocycles. The van der Waals surface area contributed by atoms with E-state index in [-0.39, 0.29) is 11.5 Å². The summed E-state index contributed by atoms with van der Waals surface area (Å²) in [6.07, 6.45) is 1.23. The molecule has 9 heteroatoms. The highest BCUT2D eigenvalue weighted by Crippen LogP contribution is 2.60. The van der Waals surface area contributed by atoms with Crippen LogP contribution in [0.3, 0.4) is 0 Å². The smallest absolute Gasteiger partial charge is 0.497 e. The second-order valence-electron chi connectivity index (χ2n) is 6.58. The molecule has 0 radical (unpaired) electrons. The molecule has 0 bridgehead atoms. The molecule has 0 atom stereocenters. The Hall–Kier alpha value is -1.97. The van der Waals surface area contributed by atoms with Gasteiger partial charge in [0, 0.05) is 11.5 Å². The number of rotatable bonds is 6. The molecule has 3 rings (SSSR count). The molecular weight excluding hydrogens is 425 g/mol. The van der Waals surface area contributed by atoms with Crippen LogP contribution in [0, 0.1) is 0 Å². The van der Waals surface area contributed by atoms with Gasteiger partial charge >= 0.3 is 15.6 Å². The fourth-order valence-electron chi connectivity index (χ4n) is 3.12. The number of alkyl halides is 3. The zero-order valence-electron chi connectivity index (χ0n) is 15.7. The molecule has 0 amide bonds. The maximum absolute atomic E-state index is 13.0. The third-order valence-electron chi connectivity index (χ3n) is 4.56. The van der Waals surface area contributed by atoms with Gasteiger partial charge in [-0.25, -0.2) is 3.63 Å². The fourth-order valence-corrected chi connectivity index (χ4v) is 8.09. The molecule has 0 N–H and O–H groups in total. The van der Waals surface area contributed by atoms with Gasteiger partial charge in [0.25, 0.3) is 0 Å². The van der Waals surface area contributed by atoms with Crippen molar-refractivity contribution in [1.82, 2.24) is 0 Å². The van der Waals surface area contributed by atoms with Crippen LogP contribution in [0.2, 0.25) is 0 Å². The Morgan fingerprint density at radius 1 is 0.966 bits per heavy atom. The second kappa shape index (κ2) is 8.41. The van der Waals surface area contributed by atoms with E-state index in [1.165, 1.54) is 7.11 Å². The maximum atomic E-state index is 13.0. The SMILES string of the molecule is COc1ccc(C(=CS2(OS(=O)(=O)C(F)(F)F)CCCC2)c2ccccc2)cc1. The quantitative estimate of drug-likeness (QED) is 0.553. The Kier molecular flexibility index (Phi) is 6.30. The van der Waals surface area contributed by atoms with Gasteiger partial charge in [-0.05, 0) is 47.1 Å². The molecule has 1 aliphatic rings. The maximum Gasteiger partial charge on any atom is 0.523 e. The summed E-state index contributed by atoms with van der Waals surface area (Å²) in [5, 5.41) is 1.61. The third kappa shape index (κ3) is 4.96. The van der Waals surface area contributed by atoms with Crippen molar-refractivity contribution in [3.05, 3.63) is 71.1 Å². The van der Waals surface area contributed by atoms with Gasteiger partial charge in [0.2, 0.25) is 0 Å². The minimum Gasteiger partial charge on any atom is -0.497 e. The van der Waals surface area contributed by atoms with Crippen molar-refractivity contribution in [2.75, 3.05) is 18.6 Å². The molecule has 0 unspecified atom stereocenters. The Bertz CT molecular complexity index is 963. The van der Waals surface area contributed by atoms with Crippen molar-refractivity contribution in [2.45, 2.75) is 18.3 Å². The summed E-state index contributed by atoms with van der Waals surface area (Å²) < 4.78 is 72.6. The number of benzene rings is 2. The molecular formula is C20H21F3O4S2. The molecule has 4 nitrogen and oxygen atoms in total. The van der Waals surface area contributed by atoms with E-state index in [0.717, 1.165) is 11.1 Å². The van der Waals surface area contributed by atoms with Crippen molar-refractivity contribution in [3.63, 3.8) is 0 Å². The van der Waals surface area contributed by atoms with Crippen LogP contribution in [0.15, 0.2) is 60.0 Å². The molecule has 1 aliphatic heterocycles. The monoisotopic (exact) mass is 446 g/mol. The number of methoxy groups -OCH3 is 1. The molecule has 29 heavy (non-hydrogen) atoms. The zero-order chi connectivity index (χ0) is 21.1. The van der Waals surface area contributed by atoms with E-state index in [1.807, 2.05) is 30.3 Å². The van der Waals surface area contributed by atoms with E-state index < -0.39 is 25.9 Å². The predicted molar refractivity (Wildman–Crippen MR) is 109 cm³/mol. The van der Waals surface area contributed by atoms with Crippen LogP contribution in [-0.4, -0.2) is 32.5 Å². The highest BCUT2D eigenvalue weighted by Gasteiger charge is 2.51. The summed E-state index contributed by atoms with van der Waals surface area (Å²) >= 11 is 0. The van der Waals surface area contributed by atoms with Crippen LogP contribution in [0.4, 0.5) is 13.2 Å². The van der Waals surface area contributed by atoms with Gasteiger partial charge in [-0.1, -0.05) is 52.8 Å². The summed E-state index contributed by atoms with van der Waals surface area (Å²) in [5.74, 6) is 1.18. The minimum absolute atomic E-state index is 0.273. The van der Waals surface area contributed by atoms with Gasteiger partial charge in [-0.3, -0.25) is 0 Å². The van der Waals surface area contributed by atoms with Crippen LogP contribution in [0.1, 0.15) is 24.0 Å². The second-order valence-corrected chi connectivity index (χ2v) is 11.3. The average molecular weight is 447 g/mol. The molecule has 0 aliphatic carbocycles. The Morgan fingerprint density at radius 3 is 2.03 bits per heavy atom. The van der Waals surface area contributed by atoms with Gasteiger partial charge < -0.3 is 4.74 Å². The van der Waals surface area contributed by atoms with Gasteiger partial charge in [-0.2, -0.15) is 21.6 Å². The summed E-state index contributed by atoms with van der Waals surface area (Å²) in [6.45, 7) is 0. The molecule has 0 spiro atoms. The third-order valence-corrected chi connectivity index (χ3v) is 9.55. The fraction of sp³-hybridized carbons (Fsp3) is 0.300. The summed E-state index contributed by atoms with van der Waals surface area (Å²) in [4.78, 5) is 0. The van der Waals surface area contributed by atoms with Gasteiger partial charge in [0.1, 0.15) is 5.75 Å². The van der Waals surface area contributed by atoms with Gasteiger partial charge in [0.05, 0.1) is 7.11 Å². The van der Waals surface area contributed by atoms with Crippen molar-refractivity contribution in [2.24, 2.45) is 0 Å². The van der Waals surface area contributed by atoms with Crippen LogP contribution in [0.25, 0.3) is 5.57 Å². The van der Waals surface area contributed by atoms with E-state index in [9.17, 15) is 21.6 Å². The molecule has 2 aromatic rings. The average Bonchev–Trinajstić information content (AvgIpc) is 3.14.